The van der Waals surface area contributed by atoms with Crippen LogP contribution in [0.2, 0.25) is 0 Å². The first-order valence-electron chi connectivity index (χ1n) is 16.1. The van der Waals surface area contributed by atoms with Gasteiger partial charge in [0.2, 0.25) is 0 Å². The second-order valence-electron chi connectivity index (χ2n) is 12.6. The summed E-state index contributed by atoms with van der Waals surface area (Å²) in [5.41, 5.74) is 1.09. The molecule has 2 aliphatic heterocycles. The normalized spacial score (nSPS) is 16.7. The molecule has 6 rings (SSSR count). The summed E-state index contributed by atoms with van der Waals surface area (Å²) < 4.78 is 67.5. The van der Waals surface area contributed by atoms with E-state index in [-0.39, 0.29) is 11.5 Å². The summed E-state index contributed by atoms with van der Waals surface area (Å²) in [6, 6.07) is 8.19. The van der Waals surface area contributed by atoms with Gasteiger partial charge in [-0.15, -0.1) is 0 Å². The first kappa shape index (κ1) is 34.2. The smallest absolute Gasteiger partial charge is 0.419 e. The Labute approximate surface area is 282 Å². The molecule has 260 valence electrons. The van der Waals surface area contributed by atoms with Crippen molar-refractivity contribution < 1.29 is 31.8 Å². The zero-order valence-corrected chi connectivity index (χ0v) is 27.9. The first-order chi connectivity index (χ1) is 23.5. The number of halogens is 4. The van der Waals surface area contributed by atoms with Gasteiger partial charge in [-0.2, -0.15) is 13.2 Å². The molecule has 1 saturated heterocycles. The van der Waals surface area contributed by atoms with Crippen LogP contribution >= 0.6 is 0 Å². The topological polar surface area (TPSA) is 88.9 Å². The monoisotopic (exact) mass is 681 g/mol. The lowest BCUT2D eigenvalue weighted by Gasteiger charge is -2.33. The third kappa shape index (κ3) is 7.05. The lowest BCUT2D eigenvalue weighted by Crippen LogP contribution is -2.35. The Morgan fingerprint density at radius 2 is 1.78 bits per heavy atom. The number of anilines is 2. The maximum absolute atomic E-state index is 14.0. The number of hydrogen-bond acceptors (Lipinski definition) is 9. The van der Waals surface area contributed by atoms with Gasteiger partial charge < -0.3 is 33.5 Å². The SMILES string of the molecule is COc1ccc(CN2c3ncnc(N4CCC(c5nc(-c6ccc(F)c(C(F)(F)F)c6)cn5CCN(C)C)CC4)c3CC2C=O)c(OC)c1. The van der Waals surface area contributed by atoms with Crippen LogP contribution in [0.5, 0.6) is 11.5 Å². The summed E-state index contributed by atoms with van der Waals surface area (Å²) in [5.74, 6) is 2.36. The number of fused-ring (bicyclic) bond motifs is 1. The van der Waals surface area contributed by atoms with Crippen molar-refractivity contribution in [3.8, 4) is 22.8 Å². The van der Waals surface area contributed by atoms with E-state index in [1.54, 1.807) is 20.4 Å². The highest BCUT2D eigenvalue weighted by molar-refractivity contribution is 5.75. The third-order valence-corrected chi connectivity index (χ3v) is 9.30. The van der Waals surface area contributed by atoms with E-state index >= 15 is 0 Å². The summed E-state index contributed by atoms with van der Waals surface area (Å²) in [5, 5.41) is 0. The molecule has 0 aliphatic carbocycles. The van der Waals surface area contributed by atoms with Gasteiger partial charge in [-0.1, -0.05) is 0 Å². The van der Waals surface area contributed by atoms with Gasteiger partial charge in [-0.05, 0) is 57.3 Å². The molecule has 2 aromatic carbocycles. The van der Waals surface area contributed by atoms with Crippen LogP contribution in [0.25, 0.3) is 11.3 Å². The highest BCUT2D eigenvalue weighted by atomic mass is 19.4. The molecule has 4 heterocycles. The van der Waals surface area contributed by atoms with Gasteiger partial charge in [0.15, 0.2) is 0 Å². The molecule has 10 nitrogen and oxygen atoms in total. The van der Waals surface area contributed by atoms with Crippen LogP contribution in [0, 0.1) is 5.82 Å². The molecular formula is C35H39F4N7O3. The Kier molecular flexibility index (Phi) is 9.77. The third-order valence-electron chi connectivity index (χ3n) is 9.30. The molecule has 0 amide bonds. The second-order valence-corrected chi connectivity index (χ2v) is 12.6. The highest BCUT2D eigenvalue weighted by Gasteiger charge is 2.37. The molecule has 49 heavy (non-hydrogen) atoms. The highest BCUT2D eigenvalue weighted by Crippen LogP contribution is 2.40. The summed E-state index contributed by atoms with van der Waals surface area (Å²) >= 11 is 0. The standard InChI is InChI=1S/C35H39F4N7O3/c1-43(2)13-14-45-19-30(23-6-8-29(36)28(15-23)35(37,38)39)42-32(45)22-9-11-44(12-10-22)33-27-16-25(20-47)46(34(27)41-21-40-33)18-24-5-7-26(48-3)17-31(24)49-4/h5-8,15,17,19-22,25H,9-14,16,18H2,1-4H3. The number of piperidine rings is 1. The fourth-order valence-electron chi connectivity index (χ4n) is 6.69. The molecule has 1 fully saturated rings. The van der Waals surface area contributed by atoms with E-state index in [2.05, 4.69) is 14.9 Å². The van der Waals surface area contributed by atoms with Crippen LogP contribution in [-0.4, -0.2) is 84.7 Å². The summed E-state index contributed by atoms with van der Waals surface area (Å²) in [4.78, 5) is 32.6. The number of methoxy groups -OCH3 is 2. The lowest BCUT2D eigenvalue weighted by atomic mass is 9.95. The van der Waals surface area contributed by atoms with Gasteiger partial charge in [-0.3, -0.25) is 0 Å². The van der Waals surface area contributed by atoms with Crippen LogP contribution in [0.4, 0.5) is 29.2 Å². The first-order valence-corrected chi connectivity index (χ1v) is 16.1. The van der Waals surface area contributed by atoms with E-state index in [0.29, 0.717) is 62.2 Å². The number of benzene rings is 2. The fraction of sp³-hybridized carbons (Fsp3) is 0.429. The van der Waals surface area contributed by atoms with E-state index < -0.39 is 23.6 Å². The number of likely N-dealkylation sites (N-methyl/N-ethyl adjacent to an activating group) is 1. The zero-order chi connectivity index (χ0) is 34.9. The molecule has 0 saturated carbocycles. The number of carbonyl (C=O) groups is 1. The number of carbonyl (C=O) groups excluding carboxylic acids is 1. The fourth-order valence-corrected chi connectivity index (χ4v) is 6.69. The Balaban J connectivity index is 1.23. The van der Waals surface area contributed by atoms with Crippen LogP contribution in [-0.2, 0) is 30.5 Å². The van der Waals surface area contributed by atoms with E-state index in [1.807, 2.05) is 46.7 Å². The molecule has 0 spiro atoms. The molecule has 0 N–H and O–H groups in total. The van der Waals surface area contributed by atoms with Gasteiger partial charge >= 0.3 is 6.18 Å². The minimum absolute atomic E-state index is 0.0475. The average Bonchev–Trinajstić information content (AvgIpc) is 3.69. The Bertz CT molecular complexity index is 1800. The van der Waals surface area contributed by atoms with Gasteiger partial charge in [0.05, 0.1) is 31.5 Å². The molecule has 1 atom stereocenters. The maximum Gasteiger partial charge on any atom is 0.419 e. The van der Waals surface area contributed by atoms with E-state index in [1.165, 1.54) is 12.4 Å². The van der Waals surface area contributed by atoms with E-state index in [0.717, 1.165) is 54.0 Å². The summed E-state index contributed by atoms with van der Waals surface area (Å²) in [6.45, 7) is 3.05. The van der Waals surface area contributed by atoms with Gasteiger partial charge in [0.1, 0.15) is 47.4 Å². The predicted molar refractivity (Wildman–Crippen MR) is 177 cm³/mol. The molecule has 2 aromatic heterocycles. The van der Waals surface area contributed by atoms with E-state index in [9.17, 15) is 22.4 Å². The minimum Gasteiger partial charge on any atom is -0.497 e. The van der Waals surface area contributed by atoms with Gasteiger partial charge in [0, 0.05) is 74.0 Å². The number of hydrogen-bond donors (Lipinski definition) is 0. The Morgan fingerprint density at radius 3 is 2.45 bits per heavy atom. The van der Waals surface area contributed by atoms with Crippen molar-refractivity contribution in [1.29, 1.82) is 0 Å². The van der Waals surface area contributed by atoms with E-state index in [4.69, 9.17) is 14.5 Å². The van der Waals surface area contributed by atoms with Gasteiger partial charge in [0.25, 0.3) is 0 Å². The van der Waals surface area contributed by atoms with Crippen molar-refractivity contribution in [1.82, 2.24) is 24.4 Å². The number of aldehydes is 1. The average molecular weight is 682 g/mol. The van der Waals surface area contributed by atoms with Gasteiger partial charge in [-0.25, -0.2) is 19.3 Å². The summed E-state index contributed by atoms with van der Waals surface area (Å²) in [6.07, 6.45) is 1.37. The van der Waals surface area contributed by atoms with Crippen molar-refractivity contribution in [3.63, 3.8) is 0 Å². The number of nitrogens with zero attached hydrogens (tertiary/aromatic N) is 7. The van der Waals surface area contributed by atoms with Crippen LogP contribution in [0.15, 0.2) is 48.9 Å². The predicted octanol–water partition coefficient (Wildman–Crippen LogP) is 5.59. The Morgan fingerprint density at radius 1 is 1.02 bits per heavy atom. The molecule has 2 aliphatic rings. The van der Waals surface area contributed by atoms with Crippen molar-refractivity contribution in [2.75, 3.05) is 57.7 Å². The lowest BCUT2D eigenvalue weighted by molar-refractivity contribution is -0.139. The molecule has 1 unspecified atom stereocenters. The molecule has 0 bridgehead atoms. The van der Waals surface area contributed by atoms with Crippen LogP contribution in [0.3, 0.4) is 0 Å². The molecule has 4 aromatic rings. The quantitative estimate of drug-likeness (QED) is 0.149. The number of alkyl halides is 3. The minimum atomic E-state index is -4.81. The number of imidazole rings is 1. The Hall–Kier alpha value is -4.72. The summed E-state index contributed by atoms with van der Waals surface area (Å²) in [7, 11) is 7.10. The number of ether oxygens (including phenoxy) is 2. The number of aromatic nitrogens is 4. The molecular weight excluding hydrogens is 642 g/mol. The number of rotatable bonds is 11. The maximum atomic E-state index is 14.0. The van der Waals surface area contributed by atoms with Crippen molar-refractivity contribution >= 4 is 17.9 Å². The second kappa shape index (κ2) is 14.0. The van der Waals surface area contributed by atoms with Crippen molar-refractivity contribution in [2.45, 2.75) is 50.5 Å². The largest absolute Gasteiger partial charge is 0.497 e. The van der Waals surface area contributed by atoms with Crippen molar-refractivity contribution in [3.05, 3.63) is 77.3 Å². The molecule has 14 heteroatoms. The van der Waals surface area contributed by atoms with Crippen LogP contribution < -0.4 is 19.3 Å². The molecule has 0 radical (unpaired) electrons. The van der Waals surface area contributed by atoms with Crippen LogP contribution in [0.1, 0.15) is 41.3 Å². The van der Waals surface area contributed by atoms with Crippen molar-refractivity contribution in [2.24, 2.45) is 0 Å². The zero-order valence-electron chi connectivity index (χ0n) is 27.9.